The molecule has 3 rings (SSSR count). The number of benzene rings is 1. The molecule has 1 aromatic heterocycles. The Labute approximate surface area is 164 Å². The minimum Gasteiger partial charge on any atom is -0.370 e. The van der Waals surface area contributed by atoms with Gasteiger partial charge in [0.15, 0.2) is 5.96 Å². The van der Waals surface area contributed by atoms with Gasteiger partial charge in [-0.1, -0.05) is 17.7 Å². The van der Waals surface area contributed by atoms with Gasteiger partial charge in [-0.15, -0.1) is 24.0 Å². The van der Waals surface area contributed by atoms with Crippen LogP contribution in [-0.4, -0.2) is 42.0 Å². The molecule has 0 radical (unpaired) electrons. The smallest absolute Gasteiger partial charge is 0.191 e. The lowest BCUT2D eigenvalue weighted by molar-refractivity contribution is 0.380. The number of guanidine groups is 1. The van der Waals surface area contributed by atoms with E-state index in [4.69, 9.17) is 17.3 Å². The van der Waals surface area contributed by atoms with Crippen molar-refractivity contribution >= 4 is 47.2 Å². The second-order valence-electron chi connectivity index (χ2n) is 5.45. The third kappa shape index (κ3) is 4.98. The molecule has 7 heteroatoms. The molecule has 128 valence electrons. The van der Waals surface area contributed by atoms with E-state index in [1.54, 1.807) is 6.20 Å². The number of aliphatic imine (C=N–C) groups is 1. The molecule has 0 amide bonds. The lowest BCUT2D eigenvalue weighted by atomic mass is 10.2. The Morgan fingerprint density at radius 1 is 1.08 bits per heavy atom. The van der Waals surface area contributed by atoms with Gasteiger partial charge in [-0.05, 0) is 36.4 Å². The molecule has 1 aliphatic rings. The summed E-state index contributed by atoms with van der Waals surface area (Å²) in [4.78, 5) is 13.2. The number of nitrogens with zero attached hydrogens (tertiary/aromatic N) is 4. The molecule has 1 fully saturated rings. The van der Waals surface area contributed by atoms with Gasteiger partial charge in [-0.25, -0.2) is 4.99 Å². The summed E-state index contributed by atoms with van der Waals surface area (Å²) in [5, 5.41) is 0.762. The second kappa shape index (κ2) is 9.08. The zero-order valence-electron chi connectivity index (χ0n) is 13.3. The van der Waals surface area contributed by atoms with Crippen molar-refractivity contribution < 1.29 is 0 Å². The first-order valence-electron chi connectivity index (χ1n) is 7.68. The van der Waals surface area contributed by atoms with Gasteiger partial charge in [0.25, 0.3) is 0 Å². The normalized spacial score (nSPS) is 15.1. The van der Waals surface area contributed by atoms with Crippen molar-refractivity contribution in [3.63, 3.8) is 0 Å². The molecule has 0 spiro atoms. The monoisotopic (exact) mass is 457 g/mol. The van der Waals surface area contributed by atoms with Crippen molar-refractivity contribution in [3.05, 3.63) is 59.4 Å². The predicted molar refractivity (Wildman–Crippen MR) is 110 cm³/mol. The fourth-order valence-corrected chi connectivity index (χ4v) is 2.73. The Bertz CT molecular complexity index is 654. The molecule has 5 nitrogen and oxygen atoms in total. The van der Waals surface area contributed by atoms with E-state index in [-0.39, 0.29) is 24.0 Å². The number of aromatic nitrogens is 1. The summed E-state index contributed by atoms with van der Waals surface area (Å²) >= 11 is 5.94. The highest BCUT2D eigenvalue weighted by Crippen LogP contribution is 2.19. The van der Waals surface area contributed by atoms with Crippen LogP contribution in [0.1, 0.15) is 5.69 Å². The topological polar surface area (TPSA) is 57.8 Å². The Balaban J connectivity index is 0.00000208. The number of rotatable bonds is 3. The van der Waals surface area contributed by atoms with E-state index in [0.717, 1.165) is 36.9 Å². The SMILES string of the molecule is I.NC(=NCc1ccccn1)N1CCN(c2ccc(Cl)cc2)CC1. The highest BCUT2D eigenvalue weighted by Gasteiger charge is 2.18. The molecule has 2 aromatic rings. The van der Waals surface area contributed by atoms with Crippen LogP contribution in [0.15, 0.2) is 53.7 Å². The summed E-state index contributed by atoms with van der Waals surface area (Å²) in [7, 11) is 0. The lowest BCUT2D eigenvalue weighted by Gasteiger charge is -2.36. The molecule has 24 heavy (non-hydrogen) atoms. The fraction of sp³-hybridized carbons (Fsp3) is 0.294. The van der Waals surface area contributed by atoms with Gasteiger partial charge in [-0.2, -0.15) is 0 Å². The van der Waals surface area contributed by atoms with Crippen LogP contribution in [0.4, 0.5) is 5.69 Å². The van der Waals surface area contributed by atoms with Gasteiger partial charge >= 0.3 is 0 Å². The average Bonchev–Trinajstić information content (AvgIpc) is 2.61. The van der Waals surface area contributed by atoms with Gasteiger partial charge < -0.3 is 15.5 Å². The summed E-state index contributed by atoms with van der Waals surface area (Å²) in [6.07, 6.45) is 1.77. The number of nitrogens with two attached hydrogens (primary N) is 1. The maximum absolute atomic E-state index is 6.11. The van der Waals surface area contributed by atoms with E-state index in [1.165, 1.54) is 5.69 Å². The molecule has 1 saturated heterocycles. The minimum absolute atomic E-state index is 0. The van der Waals surface area contributed by atoms with Crippen molar-refractivity contribution in [1.29, 1.82) is 0 Å². The van der Waals surface area contributed by atoms with Crippen molar-refractivity contribution in [2.45, 2.75) is 6.54 Å². The summed E-state index contributed by atoms with van der Waals surface area (Å²) < 4.78 is 0. The fourth-order valence-electron chi connectivity index (χ4n) is 2.60. The van der Waals surface area contributed by atoms with E-state index in [1.807, 2.05) is 30.3 Å². The van der Waals surface area contributed by atoms with Crippen LogP contribution in [0.2, 0.25) is 5.02 Å². The quantitative estimate of drug-likeness (QED) is 0.437. The summed E-state index contributed by atoms with van der Waals surface area (Å²) in [6.45, 7) is 4.08. The maximum Gasteiger partial charge on any atom is 0.191 e. The second-order valence-corrected chi connectivity index (χ2v) is 5.88. The molecule has 2 heterocycles. The molecule has 1 aromatic carbocycles. The van der Waals surface area contributed by atoms with Crippen LogP contribution in [-0.2, 0) is 6.54 Å². The van der Waals surface area contributed by atoms with Gasteiger partial charge in [0, 0.05) is 43.1 Å². The largest absolute Gasteiger partial charge is 0.370 e. The molecular weight excluding hydrogens is 437 g/mol. The number of piperazine rings is 1. The molecular formula is C17H21ClIN5. The summed E-state index contributed by atoms with van der Waals surface area (Å²) in [6, 6.07) is 13.8. The third-order valence-electron chi connectivity index (χ3n) is 3.92. The minimum atomic E-state index is 0. The first-order chi connectivity index (χ1) is 11.2. The number of anilines is 1. The third-order valence-corrected chi connectivity index (χ3v) is 4.18. The van der Waals surface area contributed by atoms with Crippen molar-refractivity contribution in [3.8, 4) is 0 Å². The number of pyridine rings is 1. The summed E-state index contributed by atoms with van der Waals surface area (Å²) in [5.41, 5.74) is 8.23. The average molecular weight is 458 g/mol. The van der Waals surface area contributed by atoms with Crippen LogP contribution in [0, 0.1) is 0 Å². The van der Waals surface area contributed by atoms with E-state index >= 15 is 0 Å². The Morgan fingerprint density at radius 2 is 1.79 bits per heavy atom. The van der Waals surface area contributed by atoms with Gasteiger partial charge in [0.05, 0.1) is 12.2 Å². The molecule has 0 bridgehead atoms. The van der Waals surface area contributed by atoms with Crippen LogP contribution < -0.4 is 10.6 Å². The number of halogens is 2. The van der Waals surface area contributed by atoms with Crippen molar-refractivity contribution in [2.24, 2.45) is 10.7 Å². The first-order valence-corrected chi connectivity index (χ1v) is 8.05. The number of hydrogen-bond acceptors (Lipinski definition) is 3. The van der Waals surface area contributed by atoms with Gasteiger partial charge in [-0.3, -0.25) is 4.98 Å². The van der Waals surface area contributed by atoms with Crippen molar-refractivity contribution in [1.82, 2.24) is 9.88 Å². The summed E-state index contributed by atoms with van der Waals surface area (Å²) in [5.74, 6) is 0.589. The van der Waals surface area contributed by atoms with Crippen molar-refractivity contribution in [2.75, 3.05) is 31.1 Å². The highest BCUT2D eigenvalue weighted by atomic mass is 127. The Morgan fingerprint density at radius 3 is 2.42 bits per heavy atom. The molecule has 2 N–H and O–H groups in total. The van der Waals surface area contributed by atoms with Gasteiger partial charge in [0.2, 0.25) is 0 Å². The molecule has 0 unspecified atom stereocenters. The predicted octanol–water partition coefficient (Wildman–Crippen LogP) is 2.99. The zero-order chi connectivity index (χ0) is 16.1. The van der Waals surface area contributed by atoms with Gasteiger partial charge in [0.1, 0.15) is 0 Å². The zero-order valence-corrected chi connectivity index (χ0v) is 16.4. The van der Waals surface area contributed by atoms with E-state index in [2.05, 4.69) is 31.9 Å². The Kier molecular flexibility index (Phi) is 7.11. The lowest BCUT2D eigenvalue weighted by Crippen LogP contribution is -2.51. The van der Waals surface area contributed by atoms with Crippen LogP contribution in [0.25, 0.3) is 0 Å². The van der Waals surface area contributed by atoms with E-state index < -0.39 is 0 Å². The van der Waals surface area contributed by atoms with Crippen LogP contribution >= 0.6 is 35.6 Å². The maximum atomic E-state index is 6.11. The first kappa shape index (κ1) is 18.8. The molecule has 0 atom stereocenters. The molecule has 1 aliphatic heterocycles. The van der Waals surface area contributed by atoms with E-state index in [9.17, 15) is 0 Å². The van der Waals surface area contributed by atoms with Crippen LogP contribution in [0.5, 0.6) is 0 Å². The van der Waals surface area contributed by atoms with Crippen LogP contribution in [0.3, 0.4) is 0 Å². The van der Waals surface area contributed by atoms with E-state index in [0.29, 0.717) is 12.5 Å². The Hall–Kier alpha value is -1.54. The molecule has 0 aliphatic carbocycles. The molecule has 0 saturated carbocycles. The number of hydrogen-bond donors (Lipinski definition) is 1. The standard InChI is InChI=1S/C17H20ClN5.HI/c18-14-4-6-16(7-5-14)22-9-11-23(12-10-22)17(19)21-13-15-3-1-2-8-20-15;/h1-8H,9-13H2,(H2,19,21);1H. The highest BCUT2D eigenvalue weighted by molar-refractivity contribution is 14.0.